The number of hydrogen-bond donors (Lipinski definition) is 0. The van der Waals surface area contributed by atoms with Crippen LogP contribution in [0.2, 0.25) is 58.9 Å². The van der Waals surface area contributed by atoms with Gasteiger partial charge in [0.05, 0.1) is 23.9 Å². The van der Waals surface area contributed by atoms with E-state index in [4.69, 9.17) is 0 Å². The zero-order valence-corrected chi connectivity index (χ0v) is 17.0. The van der Waals surface area contributed by atoms with Gasteiger partial charge in [0.1, 0.15) is 0 Å². The molecule has 1 aromatic rings. The van der Waals surface area contributed by atoms with Gasteiger partial charge >= 0.3 is 0 Å². The predicted molar refractivity (Wildman–Crippen MR) is 93.9 cm³/mol. The predicted octanol–water partition coefficient (Wildman–Crippen LogP) is 4.45. The molecule has 4 heteroatoms. The molecule has 0 radical (unpaired) electrons. The van der Waals surface area contributed by atoms with Gasteiger partial charge in [-0.25, -0.2) is 0 Å². The normalized spacial score (nSPS) is 15.2. The summed E-state index contributed by atoms with van der Waals surface area (Å²) in [6.45, 7) is 22.8. The van der Waals surface area contributed by atoms with Crippen molar-refractivity contribution in [3.05, 3.63) is 11.9 Å². The Balaban J connectivity index is 3.53. The van der Waals surface area contributed by atoms with Gasteiger partial charge in [-0.1, -0.05) is 70.2 Å². The van der Waals surface area contributed by atoms with Crippen molar-refractivity contribution in [1.29, 1.82) is 0 Å². The molecular weight excluding hydrogens is 271 g/mol. The summed E-state index contributed by atoms with van der Waals surface area (Å²) < 4.78 is 0. The molecule has 1 unspecified atom stereocenters. The molecule has 0 fully saturated rings. The smallest absolute Gasteiger partial charge is 0.0978 e. The van der Waals surface area contributed by atoms with Gasteiger partial charge in [-0.2, -0.15) is 0 Å². The number of hydrogen-bond acceptors (Lipinski definition) is 0. The third kappa shape index (κ3) is 3.46. The molecule has 0 saturated heterocycles. The van der Waals surface area contributed by atoms with E-state index in [0.29, 0.717) is 0 Å². The van der Waals surface area contributed by atoms with Crippen LogP contribution in [0.1, 0.15) is 0 Å². The Morgan fingerprint density at radius 2 is 1.24 bits per heavy atom. The second kappa shape index (κ2) is 4.52. The van der Waals surface area contributed by atoms with Crippen molar-refractivity contribution in [2.24, 2.45) is 0 Å². The minimum atomic E-state index is -1.15. The van der Waals surface area contributed by atoms with Gasteiger partial charge < -0.3 is 0 Å². The first-order valence-electron chi connectivity index (χ1n) is 6.58. The molecule has 0 spiro atoms. The molecule has 0 aromatic carbocycles. The van der Waals surface area contributed by atoms with Crippen LogP contribution in [0, 0.1) is 0 Å². The quantitative estimate of drug-likeness (QED) is 0.724. The van der Waals surface area contributed by atoms with E-state index < -0.39 is 23.9 Å². The van der Waals surface area contributed by atoms with Crippen molar-refractivity contribution in [3.63, 3.8) is 0 Å². The first-order chi connectivity index (χ1) is 7.35. The highest BCUT2D eigenvalue weighted by atomic mass is 31.4. The Labute approximate surface area is 112 Å². The molecule has 1 heterocycles. The van der Waals surface area contributed by atoms with E-state index in [2.05, 4.69) is 70.8 Å². The van der Waals surface area contributed by atoms with Crippen molar-refractivity contribution < 1.29 is 0 Å². The first-order valence-corrected chi connectivity index (χ1v) is 19.3. The van der Waals surface area contributed by atoms with Crippen LogP contribution in [0.4, 0.5) is 0 Å². The first kappa shape index (κ1) is 15.5. The van der Waals surface area contributed by atoms with Gasteiger partial charge in [-0.05, 0) is 10.7 Å². The highest BCUT2D eigenvalue weighted by molar-refractivity contribution is 7.92. The van der Waals surface area contributed by atoms with Crippen LogP contribution in [0.5, 0.6) is 0 Å². The second-order valence-corrected chi connectivity index (χ2v) is 29.9. The van der Waals surface area contributed by atoms with Crippen LogP contribution in [0.15, 0.2) is 11.9 Å². The highest BCUT2D eigenvalue weighted by Crippen LogP contribution is 2.38. The summed E-state index contributed by atoms with van der Waals surface area (Å²) in [5.74, 6) is 2.61. The zero-order chi connectivity index (χ0) is 13.6. The maximum absolute atomic E-state index is 2.61. The van der Waals surface area contributed by atoms with Crippen LogP contribution >= 0.6 is 7.08 Å². The lowest BCUT2D eigenvalue weighted by molar-refractivity contribution is 1.74. The molecular formula is C13H29PSi3. The van der Waals surface area contributed by atoms with E-state index in [1.807, 2.05) is 10.1 Å². The molecule has 1 rings (SSSR count). The molecule has 0 bridgehead atoms. The van der Waals surface area contributed by atoms with Crippen LogP contribution in [0.3, 0.4) is 0 Å². The van der Waals surface area contributed by atoms with Gasteiger partial charge in [0.2, 0.25) is 0 Å². The standard InChI is InChI=1S/C13H29PSi3/c1-15(2,3)12-10-11-14(17(7,8)9)13(12)16(4,5)6/h10-11H,1-9H3. The molecule has 1 atom stereocenters. The minimum absolute atomic E-state index is 0.0932. The SMILES string of the molecule is C[Si](C)(C)c1ccp([Si](C)(C)C)c1[Si](C)(C)C. The van der Waals surface area contributed by atoms with Crippen molar-refractivity contribution >= 4 is 41.1 Å². The highest BCUT2D eigenvalue weighted by Gasteiger charge is 2.34. The van der Waals surface area contributed by atoms with Gasteiger partial charge in [0.25, 0.3) is 0 Å². The molecule has 1 aromatic heterocycles. The summed E-state index contributed by atoms with van der Waals surface area (Å²) in [5, 5.41) is 1.81. The van der Waals surface area contributed by atoms with E-state index >= 15 is 0 Å². The van der Waals surface area contributed by atoms with Gasteiger partial charge in [-0.15, -0.1) is 7.08 Å². The Hall–Kier alpha value is 0.431. The Morgan fingerprint density at radius 3 is 1.53 bits per heavy atom. The van der Waals surface area contributed by atoms with Crippen LogP contribution in [-0.4, -0.2) is 23.9 Å². The molecule has 17 heavy (non-hydrogen) atoms. The van der Waals surface area contributed by atoms with Gasteiger partial charge in [0, 0.05) is 0 Å². The van der Waals surface area contributed by atoms with Crippen LogP contribution in [-0.2, 0) is 0 Å². The second-order valence-electron chi connectivity index (χ2n) is 8.12. The summed E-state index contributed by atoms with van der Waals surface area (Å²) in [6, 6.07) is 2.53. The molecule has 0 aliphatic heterocycles. The lowest BCUT2D eigenvalue weighted by Gasteiger charge is -2.30. The Bertz CT molecular complexity index is 368. The molecule has 0 amide bonds. The van der Waals surface area contributed by atoms with Crippen LogP contribution in [0.25, 0.3) is 0 Å². The third-order valence-electron chi connectivity index (χ3n) is 3.13. The lowest BCUT2D eigenvalue weighted by Crippen LogP contribution is -2.54. The Kier molecular flexibility index (Phi) is 4.12. The summed E-state index contributed by atoms with van der Waals surface area (Å²) >= 11 is 0. The summed E-state index contributed by atoms with van der Waals surface area (Å²) in [6.07, 6.45) is 0. The minimum Gasteiger partial charge on any atom is -0.143 e. The summed E-state index contributed by atoms with van der Waals surface area (Å²) in [5.41, 5.74) is 0. The largest absolute Gasteiger partial charge is 0.143 e. The fourth-order valence-electron chi connectivity index (χ4n) is 2.36. The van der Waals surface area contributed by atoms with Crippen molar-refractivity contribution in [2.45, 2.75) is 58.9 Å². The zero-order valence-electron chi connectivity index (χ0n) is 13.1. The van der Waals surface area contributed by atoms with Crippen LogP contribution < -0.4 is 10.1 Å². The fraction of sp³-hybridized carbons (Fsp3) is 0.692. The van der Waals surface area contributed by atoms with E-state index in [-0.39, 0.29) is 7.08 Å². The lowest BCUT2D eigenvalue weighted by atomic mass is 10.7. The molecule has 98 valence electrons. The number of rotatable bonds is 3. The molecule has 0 aliphatic carbocycles. The average molecular weight is 301 g/mol. The maximum atomic E-state index is 2.61. The summed E-state index contributed by atoms with van der Waals surface area (Å²) in [4.78, 5) is 1.96. The van der Waals surface area contributed by atoms with Crippen molar-refractivity contribution in [3.8, 4) is 0 Å². The van der Waals surface area contributed by atoms with E-state index in [9.17, 15) is 0 Å². The van der Waals surface area contributed by atoms with Crippen molar-refractivity contribution in [2.75, 3.05) is 0 Å². The molecule has 0 nitrogen and oxygen atoms in total. The Morgan fingerprint density at radius 1 is 0.765 bits per heavy atom. The average Bonchev–Trinajstić information content (AvgIpc) is 2.42. The van der Waals surface area contributed by atoms with E-state index in [1.54, 1.807) is 0 Å². The van der Waals surface area contributed by atoms with Crippen molar-refractivity contribution in [1.82, 2.24) is 0 Å². The van der Waals surface area contributed by atoms with E-state index in [1.165, 1.54) is 0 Å². The maximum Gasteiger partial charge on any atom is 0.0978 e. The van der Waals surface area contributed by atoms with Gasteiger partial charge in [0.15, 0.2) is 0 Å². The third-order valence-corrected chi connectivity index (χ3v) is 18.8. The molecule has 0 N–H and O–H groups in total. The molecule has 0 aliphatic rings. The van der Waals surface area contributed by atoms with Gasteiger partial charge in [-0.3, -0.25) is 0 Å². The van der Waals surface area contributed by atoms with E-state index in [0.717, 1.165) is 0 Å². The molecule has 0 saturated carbocycles. The summed E-state index contributed by atoms with van der Waals surface area (Å²) in [7, 11) is -3.25. The fourth-order valence-corrected chi connectivity index (χ4v) is 23.6. The topological polar surface area (TPSA) is 0 Å². The monoisotopic (exact) mass is 300 g/mol.